The molecule has 0 saturated heterocycles. The lowest BCUT2D eigenvalue weighted by Gasteiger charge is -2.31. The van der Waals surface area contributed by atoms with Crippen molar-refractivity contribution in [1.82, 2.24) is 10.2 Å². The summed E-state index contributed by atoms with van der Waals surface area (Å²) >= 11 is 6.08. The van der Waals surface area contributed by atoms with Gasteiger partial charge in [-0.3, -0.25) is 9.59 Å². The molecular weight excluding hydrogens is 427 g/mol. The van der Waals surface area contributed by atoms with Gasteiger partial charge in [-0.2, -0.15) is 0 Å². The molecule has 6 heteroatoms. The molecule has 2 amide bonds. The molecule has 0 saturated carbocycles. The number of carbonyl (C=O) groups excluding carboxylic acids is 2. The molecule has 3 aromatic rings. The Hall–Kier alpha value is -3.18. The molecule has 0 spiro atoms. The molecule has 4 nitrogen and oxygen atoms in total. The molecule has 1 atom stereocenters. The molecule has 1 unspecified atom stereocenters. The van der Waals surface area contributed by atoms with Crippen molar-refractivity contribution < 1.29 is 14.0 Å². The van der Waals surface area contributed by atoms with E-state index in [-0.39, 0.29) is 24.8 Å². The molecule has 0 heterocycles. The maximum absolute atomic E-state index is 14.5. The van der Waals surface area contributed by atoms with Gasteiger partial charge in [-0.05, 0) is 36.2 Å². The lowest BCUT2D eigenvalue weighted by Crippen LogP contribution is -2.51. The molecule has 166 valence electrons. The number of halogens is 2. The minimum Gasteiger partial charge on any atom is -0.355 e. The van der Waals surface area contributed by atoms with Crippen LogP contribution in [0.5, 0.6) is 0 Å². The monoisotopic (exact) mass is 452 g/mol. The van der Waals surface area contributed by atoms with Crippen LogP contribution < -0.4 is 5.32 Å². The lowest BCUT2D eigenvalue weighted by atomic mass is 10.0. The molecule has 32 heavy (non-hydrogen) atoms. The first-order valence-corrected chi connectivity index (χ1v) is 10.9. The summed E-state index contributed by atoms with van der Waals surface area (Å²) in [5.41, 5.74) is 2.00. The predicted molar refractivity (Wildman–Crippen MR) is 125 cm³/mol. The van der Waals surface area contributed by atoms with Gasteiger partial charge in [0.1, 0.15) is 11.9 Å². The SMILES string of the molecule is CCNC(=O)C(Cc1ccccc1)N(Cc1ccccc1F)C(=O)Cc1cccc(Cl)c1. The number of hydrogen-bond acceptors (Lipinski definition) is 2. The highest BCUT2D eigenvalue weighted by Crippen LogP contribution is 2.19. The van der Waals surface area contributed by atoms with Crippen LogP contribution >= 0.6 is 11.6 Å². The average molecular weight is 453 g/mol. The van der Waals surface area contributed by atoms with E-state index in [1.54, 1.807) is 36.4 Å². The Kier molecular flexibility index (Phi) is 8.40. The number of benzene rings is 3. The van der Waals surface area contributed by atoms with Crippen molar-refractivity contribution in [2.24, 2.45) is 0 Å². The van der Waals surface area contributed by atoms with E-state index in [1.165, 1.54) is 11.0 Å². The van der Waals surface area contributed by atoms with Gasteiger partial charge in [-0.1, -0.05) is 72.3 Å². The van der Waals surface area contributed by atoms with Crippen LogP contribution in [0, 0.1) is 5.82 Å². The summed E-state index contributed by atoms with van der Waals surface area (Å²) < 4.78 is 14.5. The fourth-order valence-corrected chi connectivity index (χ4v) is 3.79. The third-order valence-corrected chi connectivity index (χ3v) is 5.40. The maximum Gasteiger partial charge on any atom is 0.243 e. The first-order chi connectivity index (χ1) is 15.5. The number of likely N-dealkylation sites (N-methyl/N-ethyl adjacent to an activating group) is 1. The zero-order chi connectivity index (χ0) is 22.9. The van der Waals surface area contributed by atoms with Gasteiger partial charge in [0.25, 0.3) is 0 Å². The average Bonchev–Trinajstić information content (AvgIpc) is 2.78. The number of hydrogen-bond donors (Lipinski definition) is 1. The van der Waals surface area contributed by atoms with E-state index >= 15 is 0 Å². The largest absolute Gasteiger partial charge is 0.355 e. The van der Waals surface area contributed by atoms with Crippen LogP contribution in [0.1, 0.15) is 23.6 Å². The zero-order valence-electron chi connectivity index (χ0n) is 17.9. The summed E-state index contributed by atoms with van der Waals surface area (Å²) in [4.78, 5) is 28.0. The normalized spacial score (nSPS) is 11.6. The second-order valence-electron chi connectivity index (χ2n) is 7.52. The Morgan fingerprint density at radius 2 is 1.66 bits per heavy atom. The van der Waals surface area contributed by atoms with E-state index in [0.29, 0.717) is 23.6 Å². The minimum atomic E-state index is -0.788. The Bertz CT molecular complexity index is 1060. The van der Waals surface area contributed by atoms with Crippen LogP contribution in [0.2, 0.25) is 5.02 Å². The van der Waals surface area contributed by atoms with E-state index in [9.17, 15) is 14.0 Å². The molecular formula is C26H26ClFN2O2. The van der Waals surface area contributed by atoms with Gasteiger partial charge in [0.05, 0.1) is 6.42 Å². The van der Waals surface area contributed by atoms with E-state index in [0.717, 1.165) is 11.1 Å². The number of rotatable bonds is 9. The predicted octanol–water partition coefficient (Wildman–Crippen LogP) is 4.80. The number of nitrogens with zero attached hydrogens (tertiary/aromatic N) is 1. The second-order valence-corrected chi connectivity index (χ2v) is 7.96. The fourth-order valence-electron chi connectivity index (χ4n) is 3.58. The fraction of sp³-hybridized carbons (Fsp3) is 0.231. The summed E-state index contributed by atoms with van der Waals surface area (Å²) in [6.45, 7) is 2.24. The van der Waals surface area contributed by atoms with Crippen LogP contribution in [0.4, 0.5) is 4.39 Å². The topological polar surface area (TPSA) is 49.4 Å². The van der Waals surface area contributed by atoms with Crippen LogP contribution in [0.15, 0.2) is 78.9 Å². The van der Waals surface area contributed by atoms with E-state index in [2.05, 4.69) is 5.32 Å². The molecule has 0 aliphatic rings. The first-order valence-electron chi connectivity index (χ1n) is 10.6. The van der Waals surface area contributed by atoms with Crippen molar-refractivity contribution in [1.29, 1.82) is 0 Å². The molecule has 3 aromatic carbocycles. The first kappa shape index (κ1) is 23.5. The number of amides is 2. The lowest BCUT2D eigenvalue weighted by molar-refractivity contribution is -0.140. The summed E-state index contributed by atoms with van der Waals surface area (Å²) in [7, 11) is 0. The Morgan fingerprint density at radius 1 is 0.969 bits per heavy atom. The van der Waals surface area contributed by atoms with Gasteiger partial charge in [0.2, 0.25) is 11.8 Å². The van der Waals surface area contributed by atoms with E-state index < -0.39 is 11.9 Å². The zero-order valence-corrected chi connectivity index (χ0v) is 18.7. The molecule has 0 radical (unpaired) electrons. The summed E-state index contributed by atoms with van der Waals surface area (Å²) in [6.07, 6.45) is 0.377. The molecule has 0 aliphatic carbocycles. The van der Waals surface area contributed by atoms with Crippen LogP contribution in [0.3, 0.4) is 0 Å². The molecule has 0 aromatic heterocycles. The van der Waals surface area contributed by atoms with Crippen LogP contribution in [0.25, 0.3) is 0 Å². The molecule has 0 aliphatic heterocycles. The van der Waals surface area contributed by atoms with Crippen molar-refractivity contribution >= 4 is 23.4 Å². The van der Waals surface area contributed by atoms with Gasteiger partial charge < -0.3 is 10.2 Å². The molecule has 0 fully saturated rings. The Balaban J connectivity index is 1.97. The van der Waals surface area contributed by atoms with Crippen molar-refractivity contribution in [3.05, 3.63) is 106 Å². The van der Waals surface area contributed by atoms with Crippen molar-refractivity contribution in [2.75, 3.05) is 6.54 Å². The smallest absolute Gasteiger partial charge is 0.243 e. The second kappa shape index (κ2) is 11.4. The van der Waals surface area contributed by atoms with Crippen molar-refractivity contribution in [3.8, 4) is 0 Å². The van der Waals surface area contributed by atoms with Gasteiger partial charge in [-0.15, -0.1) is 0 Å². The highest BCUT2D eigenvalue weighted by molar-refractivity contribution is 6.30. The summed E-state index contributed by atoms with van der Waals surface area (Å²) in [6, 6.07) is 22.1. The van der Waals surface area contributed by atoms with Crippen molar-refractivity contribution in [2.45, 2.75) is 32.4 Å². The summed E-state index contributed by atoms with van der Waals surface area (Å²) in [5.74, 6) is -0.961. The maximum atomic E-state index is 14.5. The van der Waals surface area contributed by atoms with E-state index in [1.807, 2.05) is 43.3 Å². The van der Waals surface area contributed by atoms with Crippen LogP contribution in [-0.2, 0) is 29.0 Å². The quantitative estimate of drug-likeness (QED) is 0.507. The van der Waals surface area contributed by atoms with E-state index in [4.69, 9.17) is 11.6 Å². The number of nitrogens with one attached hydrogen (secondary N) is 1. The third-order valence-electron chi connectivity index (χ3n) is 5.17. The molecule has 0 bridgehead atoms. The molecule has 1 N–H and O–H groups in total. The summed E-state index contributed by atoms with van der Waals surface area (Å²) in [5, 5.41) is 3.36. The van der Waals surface area contributed by atoms with Crippen LogP contribution in [-0.4, -0.2) is 29.3 Å². The highest BCUT2D eigenvalue weighted by atomic mass is 35.5. The van der Waals surface area contributed by atoms with Gasteiger partial charge in [-0.25, -0.2) is 4.39 Å². The van der Waals surface area contributed by atoms with Gasteiger partial charge in [0, 0.05) is 30.1 Å². The molecule has 3 rings (SSSR count). The minimum absolute atomic E-state index is 0.0132. The third kappa shape index (κ3) is 6.41. The van der Waals surface area contributed by atoms with Crippen molar-refractivity contribution in [3.63, 3.8) is 0 Å². The van der Waals surface area contributed by atoms with Gasteiger partial charge in [0.15, 0.2) is 0 Å². The highest BCUT2D eigenvalue weighted by Gasteiger charge is 2.30. The Labute approximate surface area is 193 Å². The number of carbonyl (C=O) groups is 2. The Morgan fingerprint density at radius 3 is 2.34 bits per heavy atom. The standard InChI is InChI=1S/C26H26ClFN2O2/c1-2-29-26(32)24(16-19-9-4-3-5-10-19)30(18-21-12-6-7-14-23(21)28)25(31)17-20-11-8-13-22(27)15-20/h3-15,24H,2,16-18H2,1H3,(H,29,32). The van der Waals surface area contributed by atoms with Gasteiger partial charge >= 0.3 is 0 Å².